The van der Waals surface area contributed by atoms with Crippen LogP contribution in [0.5, 0.6) is 5.88 Å². The maximum Gasteiger partial charge on any atom is 0.277 e. The zero-order valence-corrected chi connectivity index (χ0v) is 10.3. The number of aromatic hydroxyl groups is 1. The Balaban J connectivity index is 3.51. The highest BCUT2D eigenvalue weighted by Gasteiger charge is 2.17. The first kappa shape index (κ1) is 14.2. The number of carbonyl (C=O) groups is 1. The number of hydrogen-bond acceptors (Lipinski definition) is 5. The van der Waals surface area contributed by atoms with Crippen molar-refractivity contribution in [1.82, 2.24) is 4.57 Å². The highest BCUT2D eigenvalue weighted by atomic mass is 32.2. The molecule has 1 aromatic rings. The van der Waals surface area contributed by atoms with Gasteiger partial charge in [0.25, 0.3) is 15.7 Å². The van der Waals surface area contributed by atoms with Gasteiger partial charge in [-0.3, -0.25) is 18.7 Å². The van der Waals surface area contributed by atoms with E-state index < -0.39 is 27.3 Å². The fourth-order valence-corrected chi connectivity index (χ4v) is 2.13. The zero-order chi connectivity index (χ0) is 13.9. The molecule has 8 nitrogen and oxygen atoms in total. The molecule has 18 heavy (non-hydrogen) atoms. The van der Waals surface area contributed by atoms with Gasteiger partial charge in [0.2, 0.25) is 6.41 Å². The van der Waals surface area contributed by atoms with Crippen LogP contribution in [0.15, 0.2) is 10.9 Å². The topological polar surface area (TPSA) is 126 Å². The first-order valence-electron chi connectivity index (χ1n) is 4.91. The standard InChI is InChI=1S/C9H12N2O6S/c1-2-11-7(13)3-6(4-18(15,16)17)8(9(11)14)10-5-12/h3,5,13H,2,4H2,1H3,(H,10,12)(H,15,16,17). The summed E-state index contributed by atoms with van der Waals surface area (Å²) in [5, 5.41) is 11.6. The SMILES string of the molecule is CCn1c(O)cc(CS(=O)(=O)O)c(NC=O)c1=O. The van der Waals surface area contributed by atoms with E-state index in [1.807, 2.05) is 0 Å². The summed E-state index contributed by atoms with van der Waals surface area (Å²) in [6, 6.07) is 1.00. The first-order chi connectivity index (χ1) is 8.30. The summed E-state index contributed by atoms with van der Waals surface area (Å²) in [5.41, 5.74) is -1.22. The van der Waals surface area contributed by atoms with Gasteiger partial charge in [-0.2, -0.15) is 8.42 Å². The van der Waals surface area contributed by atoms with Crippen LogP contribution in [-0.4, -0.2) is 29.1 Å². The lowest BCUT2D eigenvalue weighted by Crippen LogP contribution is -2.25. The first-order valence-corrected chi connectivity index (χ1v) is 6.52. The van der Waals surface area contributed by atoms with Crippen LogP contribution in [0.3, 0.4) is 0 Å². The summed E-state index contributed by atoms with van der Waals surface area (Å²) < 4.78 is 31.2. The van der Waals surface area contributed by atoms with Crippen molar-refractivity contribution in [2.45, 2.75) is 19.2 Å². The van der Waals surface area contributed by atoms with E-state index in [0.29, 0.717) is 0 Å². The van der Waals surface area contributed by atoms with E-state index in [1.54, 1.807) is 6.92 Å². The molecule has 3 N–H and O–H groups in total. The number of pyridine rings is 1. The third-order valence-corrected chi connectivity index (χ3v) is 2.89. The van der Waals surface area contributed by atoms with E-state index in [0.717, 1.165) is 10.6 Å². The average Bonchev–Trinajstić information content (AvgIpc) is 2.22. The van der Waals surface area contributed by atoms with E-state index in [2.05, 4.69) is 5.32 Å². The summed E-state index contributed by atoms with van der Waals surface area (Å²) >= 11 is 0. The van der Waals surface area contributed by atoms with Crippen molar-refractivity contribution in [1.29, 1.82) is 0 Å². The Bertz CT molecular complexity index is 619. The third kappa shape index (κ3) is 3.08. The number of nitrogens with one attached hydrogen (secondary N) is 1. The van der Waals surface area contributed by atoms with Crippen LogP contribution in [0.25, 0.3) is 0 Å². The molecule has 0 aliphatic carbocycles. The van der Waals surface area contributed by atoms with Gasteiger partial charge in [-0.15, -0.1) is 0 Å². The highest BCUT2D eigenvalue weighted by Crippen LogP contribution is 2.19. The molecule has 0 fully saturated rings. The van der Waals surface area contributed by atoms with Crippen LogP contribution in [0.4, 0.5) is 5.69 Å². The lowest BCUT2D eigenvalue weighted by molar-refractivity contribution is -0.105. The number of carbonyl (C=O) groups excluding carboxylic acids is 1. The van der Waals surface area contributed by atoms with Gasteiger partial charge in [-0.25, -0.2) is 0 Å². The van der Waals surface area contributed by atoms with Gasteiger partial charge in [0.15, 0.2) is 5.88 Å². The average molecular weight is 276 g/mol. The molecule has 0 atom stereocenters. The van der Waals surface area contributed by atoms with Crippen LogP contribution in [0.1, 0.15) is 12.5 Å². The van der Waals surface area contributed by atoms with Gasteiger partial charge in [-0.05, 0) is 6.92 Å². The number of rotatable bonds is 5. The summed E-state index contributed by atoms with van der Waals surface area (Å²) in [4.78, 5) is 22.2. The van der Waals surface area contributed by atoms with Gasteiger partial charge < -0.3 is 10.4 Å². The normalized spacial score (nSPS) is 11.2. The summed E-state index contributed by atoms with van der Waals surface area (Å²) in [6.07, 6.45) is 0.210. The molecule has 100 valence electrons. The number of aromatic nitrogens is 1. The quantitative estimate of drug-likeness (QED) is 0.493. The predicted octanol–water partition coefficient (Wildman–Crippen LogP) is -0.470. The van der Waals surface area contributed by atoms with Crippen molar-refractivity contribution in [2.75, 3.05) is 5.32 Å². The molecule has 0 bridgehead atoms. The number of amides is 1. The second-order valence-corrected chi connectivity index (χ2v) is 4.89. The number of anilines is 1. The maximum absolute atomic E-state index is 11.8. The monoisotopic (exact) mass is 276 g/mol. The van der Waals surface area contributed by atoms with E-state index >= 15 is 0 Å². The minimum Gasteiger partial charge on any atom is -0.494 e. The van der Waals surface area contributed by atoms with Crippen molar-refractivity contribution in [3.63, 3.8) is 0 Å². The molecular formula is C9H12N2O6S. The van der Waals surface area contributed by atoms with Crippen LogP contribution in [0, 0.1) is 0 Å². The Labute approximate surface area is 103 Å². The third-order valence-electron chi connectivity index (χ3n) is 2.22. The molecular weight excluding hydrogens is 264 g/mol. The van der Waals surface area contributed by atoms with Crippen molar-refractivity contribution in [3.05, 3.63) is 22.0 Å². The Morgan fingerprint density at radius 3 is 2.56 bits per heavy atom. The van der Waals surface area contributed by atoms with Gasteiger partial charge in [0, 0.05) is 18.2 Å². The zero-order valence-electron chi connectivity index (χ0n) is 9.45. The molecule has 0 aliphatic heterocycles. The minimum absolute atomic E-state index is 0.143. The Morgan fingerprint density at radius 1 is 1.50 bits per heavy atom. The summed E-state index contributed by atoms with van der Waals surface area (Å²) in [5.74, 6) is -1.33. The molecule has 0 spiro atoms. The number of nitrogens with zero attached hydrogens (tertiary/aromatic N) is 1. The van der Waals surface area contributed by atoms with Crippen molar-refractivity contribution in [2.24, 2.45) is 0 Å². The van der Waals surface area contributed by atoms with Crippen molar-refractivity contribution < 1.29 is 22.9 Å². The largest absolute Gasteiger partial charge is 0.494 e. The Hall–Kier alpha value is -1.87. The van der Waals surface area contributed by atoms with Crippen LogP contribution < -0.4 is 10.9 Å². The maximum atomic E-state index is 11.8. The fourth-order valence-electron chi connectivity index (χ4n) is 1.51. The van der Waals surface area contributed by atoms with E-state index in [-0.39, 0.29) is 24.2 Å². The molecule has 0 unspecified atom stereocenters. The Morgan fingerprint density at radius 2 is 2.11 bits per heavy atom. The van der Waals surface area contributed by atoms with E-state index in [4.69, 9.17) is 4.55 Å². The van der Waals surface area contributed by atoms with Gasteiger partial charge in [0.05, 0.1) is 0 Å². The van der Waals surface area contributed by atoms with Crippen LogP contribution in [-0.2, 0) is 27.2 Å². The Kier molecular flexibility index (Phi) is 4.09. The summed E-state index contributed by atoms with van der Waals surface area (Å²) in [7, 11) is -4.39. The molecule has 0 radical (unpaired) electrons. The molecule has 1 aromatic heterocycles. The smallest absolute Gasteiger partial charge is 0.277 e. The fraction of sp³-hybridized carbons (Fsp3) is 0.333. The number of hydrogen-bond donors (Lipinski definition) is 3. The molecule has 0 saturated heterocycles. The molecule has 1 rings (SSSR count). The van der Waals surface area contributed by atoms with Crippen molar-refractivity contribution >= 4 is 22.2 Å². The van der Waals surface area contributed by atoms with Crippen LogP contribution in [0.2, 0.25) is 0 Å². The van der Waals surface area contributed by atoms with Crippen LogP contribution >= 0.6 is 0 Å². The summed E-state index contributed by atoms with van der Waals surface area (Å²) in [6.45, 7) is 1.73. The molecule has 0 saturated carbocycles. The minimum atomic E-state index is -4.39. The van der Waals surface area contributed by atoms with E-state index in [9.17, 15) is 23.1 Å². The molecule has 1 heterocycles. The molecule has 0 aliphatic rings. The lowest BCUT2D eigenvalue weighted by atomic mass is 10.2. The van der Waals surface area contributed by atoms with E-state index in [1.165, 1.54) is 0 Å². The second kappa shape index (κ2) is 5.19. The van der Waals surface area contributed by atoms with Gasteiger partial charge in [0.1, 0.15) is 11.4 Å². The lowest BCUT2D eigenvalue weighted by Gasteiger charge is -2.12. The van der Waals surface area contributed by atoms with Gasteiger partial charge in [-0.1, -0.05) is 0 Å². The molecule has 1 amide bonds. The molecule has 0 aromatic carbocycles. The second-order valence-electron chi connectivity index (χ2n) is 3.44. The predicted molar refractivity (Wildman–Crippen MR) is 63.0 cm³/mol. The molecule has 9 heteroatoms. The van der Waals surface area contributed by atoms with Crippen molar-refractivity contribution in [3.8, 4) is 5.88 Å². The van der Waals surface area contributed by atoms with Gasteiger partial charge >= 0.3 is 0 Å². The highest BCUT2D eigenvalue weighted by molar-refractivity contribution is 7.85.